The van der Waals surface area contributed by atoms with E-state index in [1.165, 1.54) is 12.1 Å². The summed E-state index contributed by atoms with van der Waals surface area (Å²) in [5.74, 6) is 1.19. The summed E-state index contributed by atoms with van der Waals surface area (Å²) in [5, 5.41) is 10.8. The molecule has 1 aromatic heterocycles. The maximum absolute atomic E-state index is 10.8. The average Bonchev–Trinajstić information content (AvgIpc) is 2.98. The molecule has 128 valence electrons. The maximum Gasteiger partial charge on any atom is 0.269 e. The van der Waals surface area contributed by atoms with Crippen LogP contribution >= 0.6 is 0 Å². The van der Waals surface area contributed by atoms with Gasteiger partial charge in [0.15, 0.2) is 5.76 Å². The van der Waals surface area contributed by atoms with Crippen LogP contribution in [0.4, 0.5) is 11.4 Å². The minimum Gasteiger partial charge on any atom is -0.439 e. The fourth-order valence-electron chi connectivity index (χ4n) is 2.47. The number of anilines is 1. The average molecular weight is 338 g/mol. The van der Waals surface area contributed by atoms with E-state index in [1.807, 2.05) is 31.1 Å². The van der Waals surface area contributed by atoms with Crippen LogP contribution in [0.15, 0.2) is 52.9 Å². The Morgan fingerprint density at radius 3 is 2.24 bits per heavy atom. The minimum atomic E-state index is -0.426. The van der Waals surface area contributed by atoms with E-state index in [4.69, 9.17) is 10.2 Å². The van der Waals surface area contributed by atoms with Crippen molar-refractivity contribution < 1.29 is 9.34 Å². The summed E-state index contributed by atoms with van der Waals surface area (Å²) in [6, 6.07) is 13.6. The van der Waals surface area contributed by atoms with Crippen LogP contribution in [-0.4, -0.2) is 28.9 Å². The summed E-state index contributed by atoms with van der Waals surface area (Å²) in [5.41, 5.74) is 8.70. The van der Waals surface area contributed by atoms with Crippen LogP contribution in [0.5, 0.6) is 0 Å². The number of nitro groups is 1. The Bertz CT molecular complexity index is 884. The van der Waals surface area contributed by atoms with Gasteiger partial charge in [-0.25, -0.2) is 4.98 Å². The SMILES string of the molecule is CN(C)Cc1nc(-c2ccc([N+](=O)[O-])cc2)c(-c2ccc(N)cc2)o1. The lowest BCUT2D eigenvalue weighted by Gasteiger charge is -2.04. The van der Waals surface area contributed by atoms with Gasteiger partial charge >= 0.3 is 0 Å². The van der Waals surface area contributed by atoms with Gasteiger partial charge in [0.2, 0.25) is 5.89 Å². The van der Waals surface area contributed by atoms with Gasteiger partial charge in [0, 0.05) is 28.9 Å². The molecule has 0 amide bonds. The van der Waals surface area contributed by atoms with E-state index in [1.54, 1.807) is 24.3 Å². The highest BCUT2D eigenvalue weighted by molar-refractivity contribution is 5.77. The largest absolute Gasteiger partial charge is 0.439 e. The van der Waals surface area contributed by atoms with Gasteiger partial charge in [0.1, 0.15) is 5.69 Å². The van der Waals surface area contributed by atoms with Crippen LogP contribution in [-0.2, 0) is 6.54 Å². The lowest BCUT2D eigenvalue weighted by atomic mass is 10.1. The predicted octanol–water partition coefficient (Wildman–Crippen LogP) is 3.56. The van der Waals surface area contributed by atoms with E-state index in [0.29, 0.717) is 29.6 Å². The van der Waals surface area contributed by atoms with Crippen LogP contribution in [0, 0.1) is 10.1 Å². The molecule has 0 saturated heterocycles. The monoisotopic (exact) mass is 338 g/mol. The van der Waals surface area contributed by atoms with Crippen LogP contribution in [0.25, 0.3) is 22.6 Å². The van der Waals surface area contributed by atoms with Crippen LogP contribution in [0.1, 0.15) is 5.89 Å². The summed E-state index contributed by atoms with van der Waals surface area (Å²) in [7, 11) is 3.86. The number of nitro benzene ring substituents is 1. The summed E-state index contributed by atoms with van der Waals surface area (Å²) in [6.07, 6.45) is 0. The zero-order valence-corrected chi connectivity index (χ0v) is 14.0. The van der Waals surface area contributed by atoms with E-state index < -0.39 is 4.92 Å². The van der Waals surface area contributed by atoms with E-state index >= 15 is 0 Å². The number of benzene rings is 2. The maximum atomic E-state index is 10.8. The van der Waals surface area contributed by atoms with E-state index in [2.05, 4.69) is 4.98 Å². The first-order chi connectivity index (χ1) is 11.9. The van der Waals surface area contributed by atoms with Gasteiger partial charge in [-0.1, -0.05) is 0 Å². The molecule has 0 fully saturated rings. The summed E-state index contributed by atoms with van der Waals surface area (Å²) in [4.78, 5) is 17.0. The third-order valence-electron chi connectivity index (χ3n) is 3.65. The van der Waals surface area contributed by atoms with Crippen molar-refractivity contribution in [1.29, 1.82) is 0 Å². The van der Waals surface area contributed by atoms with Gasteiger partial charge in [-0.05, 0) is 50.5 Å². The molecule has 0 radical (unpaired) electrons. The first kappa shape index (κ1) is 16.7. The van der Waals surface area contributed by atoms with Crippen molar-refractivity contribution in [2.45, 2.75) is 6.54 Å². The van der Waals surface area contributed by atoms with Crippen molar-refractivity contribution >= 4 is 11.4 Å². The van der Waals surface area contributed by atoms with Gasteiger partial charge in [-0.3, -0.25) is 10.1 Å². The Balaban J connectivity index is 2.08. The second kappa shape index (κ2) is 6.74. The number of oxazole rings is 1. The Labute approximate surface area is 144 Å². The number of non-ortho nitro benzene ring substituents is 1. The molecule has 2 aromatic carbocycles. The molecule has 0 atom stereocenters. The van der Waals surface area contributed by atoms with Crippen molar-refractivity contribution in [1.82, 2.24) is 9.88 Å². The van der Waals surface area contributed by atoms with Gasteiger partial charge < -0.3 is 15.1 Å². The molecule has 25 heavy (non-hydrogen) atoms. The molecule has 2 N–H and O–H groups in total. The Morgan fingerprint density at radius 2 is 1.68 bits per heavy atom. The van der Waals surface area contributed by atoms with Gasteiger partial charge in [-0.2, -0.15) is 0 Å². The molecule has 1 heterocycles. The Morgan fingerprint density at radius 1 is 1.08 bits per heavy atom. The third kappa shape index (κ3) is 3.67. The number of rotatable bonds is 5. The Kier molecular flexibility index (Phi) is 4.49. The second-order valence-corrected chi connectivity index (χ2v) is 5.95. The van der Waals surface area contributed by atoms with Crippen LogP contribution < -0.4 is 5.73 Å². The number of nitrogens with two attached hydrogens (primary N) is 1. The van der Waals surface area contributed by atoms with E-state index in [-0.39, 0.29) is 5.69 Å². The third-order valence-corrected chi connectivity index (χ3v) is 3.65. The molecule has 0 saturated carbocycles. The van der Waals surface area contributed by atoms with Crippen molar-refractivity contribution in [3.05, 3.63) is 64.5 Å². The first-order valence-electron chi connectivity index (χ1n) is 7.69. The number of aromatic nitrogens is 1. The molecule has 7 nitrogen and oxygen atoms in total. The highest BCUT2D eigenvalue weighted by Gasteiger charge is 2.18. The van der Waals surface area contributed by atoms with Crippen LogP contribution in [0.3, 0.4) is 0 Å². The molecule has 0 aliphatic carbocycles. The zero-order valence-electron chi connectivity index (χ0n) is 14.0. The molecule has 0 spiro atoms. The van der Waals surface area contributed by atoms with Gasteiger partial charge in [0.25, 0.3) is 5.69 Å². The van der Waals surface area contributed by atoms with Crippen molar-refractivity contribution in [2.75, 3.05) is 19.8 Å². The number of hydrogen-bond donors (Lipinski definition) is 1. The van der Waals surface area contributed by atoms with Crippen LogP contribution in [0.2, 0.25) is 0 Å². The molecule has 3 aromatic rings. The summed E-state index contributed by atoms with van der Waals surface area (Å²) < 4.78 is 5.96. The lowest BCUT2D eigenvalue weighted by Crippen LogP contribution is -2.10. The highest BCUT2D eigenvalue weighted by Crippen LogP contribution is 2.34. The molecule has 3 rings (SSSR count). The normalized spacial score (nSPS) is 11.0. The van der Waals surface area contributed by atoms with E-state index in [0.717, 1.165) is 11.1 Å². The fraction of sp³-hybridized carbons (Fsp3) is 0.167. The van der Waals surface area contributed by atoms with Gasteiger partial charge in [0.05, 0.1) is 11.5 Å². The standard InChI is InChI=1S/C18H18N4O3/c1-21(2)11-16-20-17(12-5-9-15(10-6-12)22(23)24)18(25-16)13-3-7-14(19)8-4-13/h3-10H,11,19H2,1-2H3. The quantitative estimate of drug-likeness (QED) is 0.434. The number of nitrogens with zero attached hydrogens (tertiary/aromatic N) is 3. The Hall–Kier alpha value is -3.19. The molecule has 0 unspecified atom stereocenters. The smallest absolute Gasteiger partial charge is 0.269 e. The van der Waals surface area contributed by atoms with Crippen molar-refractivity contribution in [3.8, 4) is 22.6 Å². The molecular weight excluding hydrogens is 320 g/mol. The lowest BCUT2D eigenvalue weighted by molar-refractivity contribution is -0.384. The summed E-state index contributed by atoms with van der Waals surface area (Å²) in [6.45, 7) is 0.551. The first-order valence-corrected chi connectivity index (χ1v) is 7.69. The molecule has 0 bridgehead atoms. The summed E-state index contributed by atoms with van der Waals surface area (Å²) >= 11 is 0. The molecule has 0 aliphatic rings. The van der Waals surface area contributed by atoms with Crippen molar-refractivity contribution in [3.63, 3.8) is 0 Å². The predicted molar refractivity (Wildman–Crippen MR) is 95.8 cm³/mol. The zero-order chi connectivity index (χ0) is 18.0. The highest BCUT2D eigenvalue weighted by atomic mass is 16.6. The topological polar surface area (TPSA) is 98.4 Å². The molecule has 0 aliphatic heterocycles. The second-order valence-electron chi connectivity index (χ2n) is 5.95. The van der Waals surface area contributed by atoms with Gasteiger partial charge in [-0.15, -0.1) is 0 Å². The van der Waals surface area contributed by atoms with E-state index in [9.17, 15) is 10.1 Å². The molecular formula is C18H18N4O3. The fourth-order valence-corrected chi connectivity index (χ4v) is 2.47. The number of hydrogen-bond acceptors (Lipinski definition) is 6. The number of nitrogen functional groups attached to an aromatic ring is 1. The van der Waals surface area contributed by atoms with Crippen molar-refractivity contribution in [2.24, 2.45) is 0 Å². The molecule has 7 heteroatoms. The minimum absolute atomic E-state index is 0.0368.